The maximum absolute atomic E-state index is 10.5. The summed E-state index contributed by atoms with van der Waals surface area (Å²) in [6.45, 7) is 7.96. The molecule has 2 rings (SSSR count). The standard InChI is InChI=1S/C19H24O3/c1-13(2)21-17-9-5-15(6-10-17)19(20)16-7-11-18(12-8-16)22-14(3)4/h5-14,19-20H,1-4H3. The van der Waals surface area contributed by atoms with Crippen molar-refractivity contribution in [3.63, 3.8) is 0 Å². The van der Waals surface area contributed by atoms with E-state index in [0.717, 1.165) is 22.6 Å². The zero-order valence-corrected chi connectivity index (χ0v) is 13.6. The molecule has 0 heterocycles. The number of aliphatic hydroxyl groups is 1. The summed E-state index contributed by atoms with van der Waals surface area (Å²) in [5.74, 6) is 1.62. The third-order valence-corrected chi connectivity index (χ3v) is 3.14. The van der Waals surface area contributed by atoms with Crippen LogP contribution in [0.25, 0.3) is 0 Å². The Kier molecular flexibility index (Phi) is 5.45. The topological polar surface area (TPSA) is 38.7 Å². The van der Waals surface area contributed by atoms with Gasteiger partial charge in [0.2, 0.25) is 0 Å². The van der Waals surface area contributed by atoms with Crippen molar-refractivity contribution in [2.45, 2.75) is 46.0 Å². The van der Waals surface area contributed by atoms with Crippen LogP contribution in [0.3, 0.4) is 0 Å². The van der Waals surface area contributed by atoms with Gasteiger partial charge in [-0.2, -0.15) is 0 Å². The molecular formula is C19H24O3. The molecule has 0 aliphatic heterocycles. The van der Waals surface area contributed by atoms with E-state index in [2.05, 4.69) is 0 Å². The van der Waals surface area contributed by atoms with Crippen LogP contribution >= 0.6 is 0 Å². The summed E-state index contributed by atoms with van der Waals surface area (Å²) in [5, 5.41) is 10.5. The van der Waals surface area contributed by atoms with Crippen molar-refractivity contribution < 1.29 is 14.6 Å². The molecular weight excluding hydrogens is 276 g/mol. The molecule has 0 bridgehead atoms. The number of hydrogen-bond donors (Lipinski definition) is 1. The van der Waals surface area contributed by atoms with E-state index in [0.29, 0.717) is 0 Å². The van der Waals surface area contributed by atoms with Crippen molar-refractivity contribution in [2.24, 2.45) is 0 Å². The normalized spacial score (nSPS) is 11.3. The number of hydrogen-bond acceptors (Lipinski definition) is 3. The van der Waals surface area contributed by atoms with Crippen LogP contribution in [0.2, 0.25) is 0 Å². The van der Waals surface area contributed by atoms with Crippen LogP contribution in [0.1, 0.15) is 44.9 Å². The van der Waals surface area contributed by atoms with E-state index in [1.54, 1.807) is 0 Å². The second kappa shape index (κ2) is 7.32. The summed E-state index contributed by atoms with van der Waals surface area (Å²) in [4.78, 5) is 0. The van der Waals surface area contributed by atoms with Gasteiger partial charge in [-0.05, 0) is 63.1 Å². The van der Waals surface area contributed by atoms with E-state index in [1.807, 2.05) is 76.2 Å². The summed E-state index contributed by atoms with van der Waals surface area (Å²) in [6, 6.07) is 15.1. The van der Waals surface area contributed by atoms with Crippen LogP contribution in [-0.4, -0.2) is 17.3 Å². The molecule has 0 aromatic heterocycles. The third kappa shape index (κ3) is 4.50. The van der Waals surface area contributed by atoms with E-state index < -0.39 is 6.10 Å². The Morgan fingerprint density at radius 3 is 1.23 bits per heavy atom. The van der Waals surface area contributed by atoms with Gasteiger partial charge in [-0.3, -0.25) is 0 Å². The number of benzene rings is 2. The molecule has 118 valence electrons. The average molecular weight is 300 g/mol. The van der Waals surface area contributed by atoms with Crippen LogP contribution in [0.15, 0.2) is 48.5 Å². The maximum Gasteiger partial charge on any atom is 0.119 e. The molecule has 22 heavy (non-hydrogen) atoms. The van der Waals surface area contributed by atoms with Gasteiger partial charge in [-0.25, -0.2) is 0 Å². The fourth-order valence-electron chi connectivity index (χ4n) is 2.19. The highest BCUT2D eigenvalue weighted by molar-refractivity contribution is 5.36. The van der Waals surface area contributed by atoms with Crippen molar-refractivity contribution >= 4 is 0 Å². The van der Waals surface area contributed by atoms with Gasteiger partial charge in [0.1, 0.15) is 17.6 Å². The van der Waals surface area contributed by atoms with Crippen LogP contribution in [0.4, 0.5) is 0 Å². The number of ether oxygens (including phenoxy) is 2. The first-order valence-electron chi connectivity index (χ1n) is 7.67. The highest BCUT2D eigenvalue weighted by atomic mass is 16.5. The minimum Gasteiger partial charge on any atom is -0.491 e. The lowest BCUT2D eigenvalue weighted by atomic mass is 10.0. The first-order chi connectivity index (χ1) is 10.5. The zero-order valence-electron chi connectivity index (χ0n) is 13.6. The Labute approximate surface area is 132 Å². The summed E-state index contributed by atoms with van der Waals surface area (Å²) < 4.78 is 11.2. The molecule has 0 aliphatic carbocycles. The highest BCUT2D eigenvalue weighted by Gasteiger charge is 2.11. The maximum atomic E-state index is 10.5. The molecule has 0 atom stereocenters. The second-order valence-corrected chi connectivity index (χ2v) is 5.87. The van der Waals surface area contributed by atoms with Gasteiger partial charge in [0, 0.05) is 0 Å². The molecule has 0 saturated heterocycles. The third-order valence-electron chi connectivity index (χ3n) is 3.14. The summed E-state index contributed by atoms with van der Waals surface area (Å²) in [5.41, 5.74) is 1.68. The van der Waals surface area contributed by atoms with Gasteiger partial charge in [0.05, 0.1) is 12.2 Å². The Hall–Kier alpha value is -2.00. The quantitative estimate of drug-likeness (QED) is 0.862. The fraction of sp³-hybridized carbons (Fsp3) is 0.368. The molecule has 0 fully saturated rings. The molecule has 0 aliphatic rings. The molecule has 2 aromatic carbocycles. The predicted octanol–water partition coefficient (Wildman–Crippen LogP) is 4.34. The minimum absolute atomic E-state index is 0.143. The molecule has 2 aromatic rings. The van der Waals surface area contributed by atoms with Crippen molar-refractivity contribution in [1.29, 1.82) is 0 Å². The van der Waals surface area contributed by atoms with Gasteiger partial charge in [-0.15, -0.1) is 0 Å². The largest absolute Gasteiger partial charge is 0.491 e. The summed E-state index contributed by atoms with van der Waals surface area (Å²) in [7, 11) is 0. The van der Waals surface area contributed by atoms with Crippen LogP contribution in [0.5, 0.6) is 11.5 Å². The van der Waals surface area contributed by atoms with Gasteiger partial charge >= 0.3 is 0 Å². The van der Waals surface area contributed by atoms with E-state index in [1.165, 1.54) is 0 Å². The Morgan fingerprint density at radius 1 is 0.636 bits per heavy atom. The first kappa shape index (κ1) is 16.4. The van der Waals surface area contributed by atoms with Crippen molar-refractivity contribution in [1.82, 2.24) is 0 Å². The molecule has 0 amide bonds. The van der Waals surface area contributed by atoms with E-state index in [4.69, 9.17) is 9.47 Å². The summed E-state index contributed by atoms with van der Waals surface area (Å²) in [6.07, 6.45) is -0.366. The van der Waals surface area contributed by atoms with Crippen LogP contribution in [-0.2, 0) is 0 Å². The molecule has 3 heteroatoms. The lowest BCUT2D eigenvalue weighted by Gasteiger charge is -2.15. The molecule has 0 saturated carbocycles. The smallest absolute Gasteiger partial charge is 0.119 e. The van der Waals surface area contributed by atoms with E-state index in [-0.39, 0.29) is 12.2 Å². The zero-order chi connectivity index (χ0) is 16.1. The van der Waals surface area contributed by atoms with Crippen LogP contribution in [0, 0.1) is 0 Å². The van der Waals surface area contributed by atoms with Gasteiger partial charge in [0.15, 0.2) is 0 Å². The van der Waals surface area contributed by atoms with E-state index in [9.17, 15) is 5.11 Å². The monoisotopic (exact) mass is 300 g/mol. The second-order valence-electron chi connectivity index (χ2n) is 5.87. The minimum atomic E-state index is -0.652. The Balaban J connectivity index is 2.08. The lowest BCUT2D eigenvalue weighted by molar-refractivity contribution is 0.218. The first-order valence-corrected chi connectivity index (χ1v) is 7.67. The fourth-order valence-corrected chi connectivity index (χ4v) is 2.19. The van der Waals surface area contributed by atoms with E-state index >= 15 is 0 Å². The highest BCUT2D eigenvalue weighted by Crippen LogP contribution is 2.26. The van der Waals surface area contributed by atoms with Crippen molar-refractivity contribution in [2.75, 3.05) is 0 Å². The molecule has 0 spiro atoms. The Morgan fingerprint density at radius 2 is 0.955 bits per heavy atom. The van der Waals surface area contributed by atoms with Gasteiger partial charge in [0.25, 0.3) is 0 Å². The lowest BCUT2D eigenvalue weighted by Crippen LogP contribution is -2.06. The number of aliphatic hydroxyl groups excluding tert-OH is 1. The SMILES string of the molecule is CC(C)Oc1ccc(C(O)c2ccc(OC(C)C)cc2)cc1. The summed E-state index contributed by atoms with van der Waals surface area (Å²) >= 11 is 0. The number of rotatable bonds is 6. The predicted molar refractivity (Wildman–Crippen MR) is 88.5 cm³/mol. The van der Waals surface area contributed by atoms with Crippen molar-refractivity contribution in [3.05, 3.63) is 59.7 Å². The molecule has 1 N–H and O–H groups in total. The van der Waals surface area contributed by atoms with Crippen LogP contribution < -0.4 is 9.47 Å². The molecule has 0 radical (unpaired) electrons. The molecule has 3 nitrogen and oxygen atoms in total. The Bertz CT molecular complexity index is 517. The van der Waals surface area contributed by atoms with Crippen molar-refractivity contribution in [3.8, 4) is 11.5 Å². The average Bonchev–Trinajstić information content (AvgIpc) is 2.47. The molecule has 0 unspecified atom stereocenters. The van der Waals surface area contributed by atoms with Gasteiger partial charge < -0.3 is 14.6 Å². The van der Waals surface area contributed by atoms with Gasteiger partial charge in [-0.1, -0.05) is 24.3 Å².